The van der Waals surface area contributed by atoms with Crippen molar-refractivity contribution in [2.24, 2.45) is 0 Å². The van der Waals surface area contributed by atoms with Crippen LogP contribution in [0.25, 0.3) is 11.2 Å². The zero-order valence-corrected chi connectivity index (χ0v) is 31.3. The number of fused-ring (bicyclic) bond motifs is 2. The number of esters is 1. The molecule has 11 nitrogen and oxygen atoms in total. The Morgan fingerprint density at radius 2 is 1.48 bits per heavy atom. The Hall–Kier alpha value is -5.88. The smallest absolute Gasteiger partial charge is 0.333 e. The summed E-state index contributed by atoms with van der Waals surface area (Å²) in [6.45, 7) is 5.38. The Morgan fingerprint density at radius 1 is 0.833 bits per heavy atom. The molecule has 0 bridgehead atoms. The number of aromatic nitrogens is 4. The second-order valence-electron chi connectivity index (χ2n) is 14.6. The molecule has 3 aromatic carbocycles. The Kier molecular flexibility index (Phi) is 10.3. The Balaban J connectivity index is 1.11. The van der Waals surface area contributed by atoms with E-state index in [4.69, 9.17) is 4.74 Å². The molecule has 6 aromatic rings. The summed E-state index contributed by atoms with van der Waals surface area (Å²) in [5, 5.41) is 3.24. The van der Waals surface area contributed by atoms with Gasteiger partial charge in [0.15, 0.2) is 23.6 Å². The maximum absolute atomic E-state index is 13.9. The van der Waals surface area contributed by atoms with Crippen LogP contribution in [0.3, 0.4) is 0 Å². The molecule has 3 heterocycles. The Morgan fingerprint density at radius 3 is 2.15 bits per heavy atom. The molecule has 0 atom stereocenters. The fourth-order valence-corrected chi connectivity index (χ4v) is 8.13. The van der Waals surface area contributed by atoms with Crippen molar-refractivity contribution in [2.75, 3.05) is 11.9 Å². The summed E-state index contributed by atoms with van der Waals surface area (Å²) >= 11 is 1.38. The first-order chi connectivity index (χ1) is 26.0. The third kappa shape index (κ3) is 7.60. The maximum atomic E-state index is 13.9. The van der Waals surface area contributed by atoms with Crippen LogP contribution in [-0.2, 0) is 52.2 Å². The van der Waals surface area contributed by atoms with E-state index in [1.807, 2.05) is 84.9 Å². The number of aryl methyl sites for hydroxylation is 1. The van der Waals surface area contributed by atoms with Gasteiger partial charge in [-0.1, -0.05) is 106 Å². The first-order valence-electron chi connectivity index (χ1n) is 18.0. The molecule has 3 aromatic heterocycles. The number of carbonyl (C=O) groups is 3. The number of nitrogens with zero attached hydrogens (tertiary/aromatic N) is 4. The van der Waals surface area contributed by atoms with Crippen molar-refractivity contribution in [3.05, 3.63) is 150 Å². The lowest BCUT2D eigenvalue weighted by Crippen LogP contribution is -2.43. The van der Waals surface area contributed by atoms with Gasteiger partial charge >= 0.3 is 11.7 Å². The summed E-state index contributed by atoms with van der Waals surface area (Å²) < 4.78 is 9.18. The van der Waals surface area contributed by atoms with Crippen LogP contribution >= 0.6 is 11.3 Å². The minimum Gasteiger partial charge on any atom is -0.454 e. The molecule has 0 radical (unpaired) electrons. The SMILES string of the molecule is CC(C)(C)c1ccc(C(=O)c2c(NC(=O)COC(=O)Cn3c(=O)c4c(ncn4Cc4ccccc4)n(Cc4ccccc4)c3=O)sc3c2CCCC3)cc1. The quantitative estimate of drug-likeness (QED) is 0.125. The van der Waals surface area contributed by atoms with Crippen LogP contribution in [0.1, 0.15) is 76.7 Å². The summed E-state index contributed by atoms with van der Waals surface area (Å²) in [7, 11) is 0. The Labute approximate surface area is 315 Å². The maximum Gasteiger partial charge on any atom is 0.333 e. The molecule has 54 heavy (non-hydrogen) atoms. The summed E-state index contributed by atoms with van der Waals surface area (Å²) in [6.07, 6.45) is 5.01. The molecule has 0 saturated heterocycles. The van der Waals surface area contributed by atoms with Gasteiger partial charge in [-0.3, -0.25) is 23.7 Å². The number of thiophene rings is 1. The number of imidazole rings is 1. The second kappa shape index (κ2) is 15.2. The van der Waals surface area contributed by atoms with Crippen LogP contribution < -0.4 is 16.6 Å². The molecule has 0 aliphatic heterocycles. The standard InChI is InChI=1S/C42H41N5O6S/c1-42(2,3)30-20-18-29(19-21-30)37(50)35-31-16-10-11-17-32(31)54-39(35)44-33(48)25-53-34(49)24-47-40(51)36-38(43-26-45(36)22-27-12-6-4-7-13-27)46(41(47)52)23-28-14-8-5-9-15-28/h4-9,12-15,18-21,26H,10-11,16-17,22-25H2,1-3H3,(H,44,48). The second-order valence-corrected chi connectivity index (χ2v) is 15.7. The number of anilines is 1. The molecule has 0 saturated carbocycles. The van der Waals surface area contributed by atoms with E-state index in [1.54, 1.807) is 4.57 Å². The lowest BCUT2D eigenvalue weighted by atomic mass is 9.86. The van der Waals surface area contributed by atoms with Crippen LogP contribution in [0, 0.1) is 0 Å². The van der Waals surface area contributed by atoms with Gasteiger partial charge in [0, 0.05) is 17.0 Å². The van der Waals surface area contributed by atoms with E-state index in [0.29, 0.717) is 22.7 Å². The van der Waals surface area contributed by atoms with Crippen LogP contribution in [0.2, 0.25) is 0 Å². The molecule has 1 N–H and O–H groups in total. The highest BCUT2D eigenvalue weighted by Gasteiger charge is 2.28. The van der Waals surface area contributed by atoms with Gasteiger partial charge < -0.3 is 14.6 Å². The molecular formula is C42H41N5O6S. The van der Waals surface area contributed by atoms with Crippen molar-refractivity contribution in [2.45, 2.75) is 71.5 Å². The monoisotopic (exact) mass is 743 g/mol. The summed E-state index contributed by atoms with van der Waals surface area (Å²) in [5.74, 6) is -1.75. The largest absolute Gasteiger partial charge is 0.454 e. The number of carbonyl (C=O) groups excluding carboxylic acids is 3. The van der Waals surface area contributed by atoms with Gasteiger partial charge in [-0.25, -0.2) is 14.3 Å². The van der Waals surface area contributed by atoms with Gasteiger partial charge in [-0.15, -0.1) is 11.3 Å². The first kappa shape index (κ1) is 36.5. The van der Waals surface area contributed by atoms with Crippen LogP contribution in [0.5, 0.6) is 0 Å². The topological polar surface area (TPSA) is 134 Å². The van der Waals surface area contributed by atoms with Crippen LogP contribution in [-0.4, -0.2) is 43.0 Å². The van der Waals surface area contributed by atoms with E-state index in [0.717, 1.165) is 57.4 Å². The number of ketones is 1. The fourth-order valence-electron chi connectivity index (χ4n) is 6.83. The predicted molar refractivity (Wildman–Crippen MR) is 208 cm³/mol. The highest BCUT2D eigenvalue weighted by Crippen LogP contribution is 2.39. The number of benzene rings is 3. The number of hydrogen-bond acceptors (Lipinski definition) is 8. The number of rotatable bonds is 11. The Bertz CT molecular complexity index is 2470. The first-order valence-corrected chi connectivity index (χ1v) is 18.8. The van der Waals surface area contributed by atoms with Gasteiger partial charge in [0.25, 0.3) is 11.5 Å². The molecule has 7 rings (SSSR count). The van der Waals surface area contributed by atoms with Crippen molar-refractivity contribution in [1.82, 2.24) is 18.7 Å². The number of nitrogens with one attached hydrogen (secondary N) is 1. The van der Waals surface area contributed by atoms with Crippen molar-refractivity contribution in [1.29, 1.82) is 0 Å². The van der Waals surface area contributed by atoms with Crippen LogP contribution in [0.4, 0.5) is 5.00 Å². The number of ether oxygens (including phenoxy) is 1. The van der Waals surface area contributed by atoms with E-state index in [9.17, 15) is 24.0 Å². The minimum atomic E-state index is -0.940. The highest BCUT2D eigenvalue weighted by molar-refractivity contribution is 7.17. The van der Waals surface area contributed by atoms with Crippen molar-refractivity contribution in [3.8, 4) is 0 Å². The molecule has 276 valence electrons. The average Bonchev–Trinajstić information content (AvgIpc) is 3.75. The zero-order valence-electron chi connectivity index (χ0n) is 30.5. The van der Waals surface area contributed by atoms with E-state index in [1.165, 1.54) is 22.2 Å². The molecule has 1 aliphatic rings. The van der Waals surface area contributed by atoms with E-state index in [-0.39, 0.29) is 28.9 Å². The molecule has 0 spiro atoms. The molecule has 0 fully saturated rings. The van der Waals surface area contributed by atoms with Gasteiger partial charge in [0.2, 0.25) is 0 Å². The van der Waals surface area contributed by atoms with Gasteiger partial charge in [0.05, 0.1) is 18.4 Å². The van der Waals surface area contributed by atoms with Gasteiger partial charge in [-0.2, -0.15) is 0 Å². The lowest BCUT2D eigenvalue weighted by Gasteiger charge is -2.19. The van der Waals surface area contributed by atoms with Crippen molar-refractivity contribution in [3.63, 3.8) is 0 Å². The minimum absolute atomic E-state index is 0.0658. The number of hydrogen-bond donors (Lipinski definition) is 1. The normalized spacial score (nSPS) is 12.7. The molecule has 12 heteroatoms. The molecule has 0 unspecified atom stereocenters. The average molecular weight is 744 g/mol. The van der Waals surface area contributed by atoms with Gasteiger partial charge in [-0.05, 0) is 53.4 Å². The van der Waals surface area contributed by atoms with E-state index >= 15 is 0 Å². The molecule has 1 aliphatic carbocycles. The lowest BCUT2D eigenvalue weighted by molar-refractivity contribution is -0.148. The summed E-state index contributed by atoms with van der Waals surface area (Å²) in [6, 6.07) is 26.3. The fraction of sp³-hybridized carbons (Fsp3) is 0.286. The third-order valence-corrected chi connectivity index (χ3v) is 10.9. The highest BCUT2D eigenvalue weighted by atomic mass is 32.1. The third-order valence-electron chi connectivity index (χ3n) is 9.68. The molecule has 1 amide bonds. The summed E-state index contributed by atoms with van der Waals surface area (Å²) in [5.41, 5.74) is 3.65. The summed E-state index contributed by atoms with van der Waals surface area (Å²) in [4.78, 5) is 73.6. The van der Waals surface area contributed by atoms with Crippen LogP contribution in [0.15, 0.2) is 101 Å². The van der Waals surface area contributed by atoms with Gasteiger partial charge in [0.1, 0.15) is 11.5 Å². The zero-order chi connectivity index (χ0) is 38.0. The van der Waals surface area contributed by atoms with Crippen molar-refractivity contribution < 1.29 is 19.1 Å². The van der Waals surface area contributed by atoms with Crippen molar-refractivity contribution >= 4 is 45.2 Å². The predicted octanol–water partition coefficient (Wildman–Crippen LogP) is 6.11. The molecular weight excluding hydrogens is 703 g/mol. The number of amides is 1. The van der Waals surface area contributed by atoms with E-state index in [2.05, 4.69) is 31.1 Å². The van der Waals surface area contributed by atoms with E-state index < -0.39 is 36.3 Å².